The van der Waals surface area contributed by atoms with E-state index in [-0.39, 0.29) is 18.4 Å². The molecular weight excluding hydrogens is 411 g/mol. The number of carbonyl (C=O) groups excluding carboxylic acids is 1. The molecule has 0 aromatic heterocycles. The number of hydrogen-bond donors (Lipinski definition) is 2. The lowest BCUT2D eigenvalue weighted by Crippen LogP contribution is -2.56. The molecule has 0 spiro atoms. The minimum Gasteiger partial charge on any atom is -0.465 e. The van der Waals surface area contributed by atoms with Crippen LogP contribution < -0.4 is 5.32 Å². The van der Waals surface area contributed by atoms with E-state index in [4.69, 9.17) is 23.2 Å². The van der Waals surface area contributed by atoms with Crippen molar-refractivity contribution in [3.63, 3.8) is 0 Å². The molecule has 1 aliphatic rings. The summed E-state index contributed by atoms with van der Waals surface area (Å²) < 4.78 is 0. The topological polar surface area (TPSA) is 69.6 Å². The molecule has 2 atom stereocenters. The predicted octanol–water partition coefficient (Wildman–Crippen LogP) is 5.07. The number of carbonyl (C=O) groups is 2. The Morgan fingerprint density at radius 3 is 2.31 bits per heavy atom. The first-order valence-corrected chi connectivity index (χ1v) is 10.3. The SMILES string of the molecule is CC(C)C[C@](C(=O)c1ccccc1)(c1c(Cl)cccc1Cl)C1CNCN1C(=O)O. The van der Waals surface area contributed by atoms with Crippen molar-refractivity contribution in [3.05, 3.63) is 69.7 Å². The molecule has 0 aliphatic carbocycles. The predicted molar refractivity (Wildman–Crippen MR) is 115 cm³/mol. The number of benzene rings is 2. The summed E-state index contributed by atoms with van der Waals surface area (Å²) in [5.74, 6) is -0.0898. The number of Topliss-reactive ketones (excluding diaryl/α,β-unsaturated/α-hetero) is 1. The van der Waals surface area contributed by atoms with Crippen LogP contribution in [0.1, 0.15) is 36.2 Å². The summed E-state index contributed by atoms with van der Waals surface area (Å²) >= 11 is 13.2. The first-order chi connectivity index (χ1) is 13.8. The van der Waals surface area contributed by atoms with Crippen LogP contribution in [0.2, 0.25) is 10.0 Å². The standard InChI is InChI=1S/C22H24Cl2N2O3/c1-14(2)11-22(18-12-25-13-26(18)21(28)29,19-16(23)9-6-10-17(19)24)20(27)15-7-4-3-5-8-15/h3-10,14,18,25H,11-13H2,1-2H3,(H,28,29)/t18?,22-/m1/s1. The molecule has 0 radical (unpaired) electrons. The molecule has 0 saturated carbocycles. The van der Waals surface area contributed by atoms with E-state index in [1.54, 1.807) is 42.5 Å². The number of rotatable bonds is 6. The second-order valence-electron chi connectivity index (χ2n) is 7.74. The van der Waals surface area contributed by atoms with Gasteiger partial charge in [-0.15, -0.1) is 0 Å². The van der Waals surface area contributed by atoms with Gasteiger partial charge in [0, 0.05) is 27.7 Å². The van der Waals surface area contributed by atoms with Crippen LogP contribution in [-0.4, -0.2) is 41.1 Å². The molecule has 1 amide bonds. The molecule has 154 valence electrons. The third kappa shape index (κ3) is 4.00. The van der Waals surface area contributed by atoms with Gasteiger partial charge in [-0.2, -0.15) is 0 Å². The van der Waals surface area contributed by atoms with Gasteiger partial charge in [0.1, 0.15) is 0 Å². The van der Waals surface area contributed by atoms with Crippen molar-refractivity contribution in [2.75, 3.05) is 13.2 Å². The molecule has 2 aromatic carbocycles. The Hall–Kier alpha value is -2.08. The molecule has 0 bridgehead atoms. The number of nitrogens with one attached hydrogen (secondary N) is 1. The van der Waals surface area contributed by atoms with Crippen LogP contribution in [0.15, 0.2) is 48.5 Å². The minimum absolute atomic E-state index is 0.0891. The number of hydrogen-bond acceptors (Lipinski definition) is 3. The van der Waals surface area contributed by atoms with Gasteiger partial charge in [0.25, 0.3) is 0 Å². The lowest BCUT2D eigenvalue weighted by Gasteiger charge is -2.43. The first kappa shape index (κ1) is 21.6. The largest absolute Gasteiger partial charge is 0.465 e. The van der Waals surface area contributed by atoms with Gasteiger partial charge in [-0.25, -0.2) is 4.79 Å². The fourth-order valence-electron chi connectivity index (χ4n) is 4.36. The van der Waals surface area contributed by atoms with Gasteiger partial charge in [0.2, 0.25) is 0 Å². The van der Waals surface area contributed by atoms with E-state index in [9.17, 15) is 14.7 Å². The lowest BCUT2D eigenvalue weighted by atomic mass is 9.64. The second kappa shape index (κ2) is 8.74. The Balaban J connectivity index is 2.33. The Bertz CT molecular complexity index is 884. The van der Waals surface area contributed by atoms with E-state index in [2.05, 4.69) is 5.32 Å². The zero-order chi connectivity index (χ0) is 21.2. The highest BCUT2D eigenvalue weighted by Crippen LogP contribution is 2.47. The Kier molecular flexibility index (Phi) is 6.52. The number of amides is 1. The van der Waals surface area contributed by atoms with E-state index in [1.807, 2.05) is 19.9 Å². The van der Waals surface area contributed by atoms with Gasteiger partial charge >= 0.3 is 6.09 Å². The molecule has 7 heteroatoms. The molecule has 2 N–H and O–H groups in total. The van der Waals surface area contributed by atoms with Gasteiger partial charge in [-0.3, -0.25) is 15.0 Å². The number of halogens is 2. The Labute approximate surface area is 180 Å². The monoisotopic (exact) mass is 434 g/mol. The summed E-state index contributed by atoms with van der Waals surface area (Å²) in [4.78, 5) is 27.4. The van der Waals surface area contributed by atoms with Crippen molar-refractivity contribution in [1.82, 2.24) is 10.2 Å². The summed E-state index contributed by atoms with van der Waals surface area (Å²) in [5, 5.41) is 13.7. The highest BCUT2D eigenvalue weighted by molar-refractivity contribution is 6.37. The molecular formula is C22H24Cl2N2O3. The summed E-state index contributed by atoms with van der Waals surface area (Å²) in [5.41, 5.74) is -0.237. The molecule has 1 aliphatic heterocycles. The maximum absolute atomic E-state index is 14.1. The average Bonchev–Trinajstić information content (AvgIpc) is 3.17. The maximum atomic E-state index is 14.1. The van der Waals surface area contributed by atoms with E-state index < -0.39 is 17.6 Å². The van der Waals surface area contributed by atoms with Crippen LogP contribution in [0.5, 0.6) is 0 Å². The van der Waals surface area contributed by atoms with Gasteiger partial charge in [-0.05, 0) is 24.5 Å². The average molecular weight is 435 g/mol. The van der Waals surface area contributed by atoms with Gasteiger partial charge in [0.15, 0.2) is 5.78 Å². The van der Waals surface area contributed by atoms with Crippen molar-refractivity contribution in [2.45, 2.75) is 31.7 Å². The molecule has 1 fully saturated rings. The fourth-order valence-corrected chi connectivity index (χ4v) is 5.10. The van der Waals surface area contributed by atoms with E-state index >= 15 is 0 Å². The lowest BCUT2D eigenvalue weighted by molar-refractivity contribution is 0.0710. The van der Waals surface area contributed by atoms with Gasteiger partial charge < -0.3 is 5.11 Å². The molecule has 5 nitrogen and oxygen atoms in total. The number of nitrogens with zero attached hydrogens (tertiary/aromatic N) is 1. The third-order valence-corrected chi connectivity index (χ3v) is 6.02. The first-order valence-electron chi connectivity index (χ1n) is 9.53. The normalized spacial score (nSPS) is 18.7. The quantitative estimate of drug-likeness (QED) is 0.622. The van der Waals surface area contributed by atoms with Gasteiger partial charge in [0.05, 0.1) is 18.1 Å². The smallest absolute Gasteiger partial charge is 0.408 e. The number of carboxylic acid groups (broad SMARTS) is 1. The van der Waals surface area contributed by atoms with Crippen molar-refractivity contribution in [3.8, 4) is 0 Å². The fraction of sp³-hybridized carbons (Fsp3) is 0.364. The molecule has 29 heavy (non-hydrogen) atoms. The number of ketones is 1. The van der Waals surface area contributed by atoms with Gasteiger partial charge in [-0.1, -0.05) is 73.4 Å². The molecule has 1 heterocycles. The molecule has 1 saturated heterocycles. The molecule has 3 rings (SSSR count). The van der Waals surface area contributed by atoms with Crippen LogP contribution in [0.25, 0.3) is 0 Å². The van der Waals surface area contributed by atoms with Crippen LogP contribution in [0.3, 0.4) is 0 Å². The zero-order valence-electron chi connectivity index (χ0n) is 16.4. The van der Waals surface area contributed by atoms with Crippen molar-refractivity contribution < 1.29 is 14.7 Å². The van der Waals surface area contributed by atoms with E-state index in [0.717, 1.165) is 0 Å². The molecule has 1 unspecified atom stereocenters. The van der Waals surface area contributed by atoms with Crippen LogP contribution in [0.4, 0.5) is 4.79 Å². The van der Waals surface area contributed by atoms with Crippen molar-refractivity contribution in [2.24, 2.45) is 5.92 Å². The third-order valence-electron chi connectivity index (χ3n) is 5.39. The van der Waals surface area contributed by atoms with Crippen molar-refractivity contribution in [1.29, 1.82) is 0 Å². The van der Waals surface area contributed by atoms with E-state index in [1.165, 1.54) is 4.90 Å². The maximum Gasteiger partial charge on any atom is 0.408 e. The second-order valence-corrected chi connectivity index (χ2v) is 8.56. The van der Waals surface area contributed by atoms with Crippen molar-refractivity contribution >= 4 is 35.1 Å². The highest BCUT2D eigenvalue weighted by Gasteiger charge is 2.54. The summed E-state index contributed by atoms with van der Waals surface area (Å²) in [6, 6.07) is 13.4. The Morgan fingerprint density at radius 1 is 1.14 bits per heavy atom. The summed E-state index contributed by atoms with van der Waals surface area (Å²) in [6.45, 7) is 4.49. The van der Waals surface area contributed by atoms with E-state index in [0.29, 0.717) is 34.1 Å². The summed E-state index contributed by atoms with van der Waals surface area (Å²) in [7, 11) is 0. The summed E-state index contributed by atoms with van der Waals surface area (Å²) in [6.07, 6.45) is -0.683. The highest BCUT2D eigenvalue weighted by atomic mass is 35.5. The molecule has 2 aromatic rings. The Morgan fingerprint density at radius 2 is 1.76 bits per heavy atom. The zero-order valence-corrected chi connectivity index (χ0v) is 17.9. The van der Waals surface area contributed by atoms with Crippen LogP contribution >= 0.6 is 23.2 Å². The minimum atomic E-state index is -1.23. The van der Waals surface area contributed by atoms with Crippen LogP contribution in [0, 0.1) is 5.92 Å². The van der Waals surface area contributed by atoms with Crippen LogP contribution in [-0.2, 0) is 5.41 Å².